The van der Waals surface area contributed by atoms with Crippen molar-refractivity contribution in [3.05, 3.63) is 48.1 Å². The molecule has 1 aromatic carbocycles. The number of hydrazone groups is 1. The topological polar surface area (TPSA) is 123 Å². The third-order valence-corrected chi connectivity index (χ3v) is 4.71. The summed E-state index contributed by atoms with van der Waals surface area (Å²) in [5, 5.41) is 28.9. The summed E-state index contributed by atoms with van der Waals surface area (Å²) in [6, 6.07) is 2.49. The number of hydrogen-bond donors (Lipinski definition) is 2. The van der Waals surface area contributed by atoms with Gasteiger partial charge in [0.2, 0.25) is 0 Å². The highest BCUT2D eigenvalue weighted by Crippen LogP contribution is 2.30. The fourth-order valence-electron chi connectivity index (χ4n) is 2.35. The predicted octanol–water partition coefficient (Wildman–Crippen LogP) is 3.35. The Morgan fingerprint density at radius 3 is 2.69 bits per heavy atom. The average molecular weight is 489 g/mol. The molecule has 26 heavy (non-hydrogen) atoms. The molecule has 2 aromatic rings. The quantitative estimate of drug-likeness (QED) is 0.379. The summed E-state index contributed by atoms with van der Waals surface area (Å²) in [4.78, 5) is 22.8. The molecule has 0 aliphatic heterocycles. The number of phenols is 1. The second-order valence-electron chi connectivity index (χ2n) is 5.46. The number of nitrogens with zero attached hydrogens (tertiary/aromatic N) is 4. The van der Waals surface area contributed by atoms with E-state index >= 15 is 0 Å². The summed E-state index contributed by atoms with van der Waals surface area (Å²) in [5.41, 5.74) is 3.14. The number of nitro groups is 1. The Morgan fingerprint density at radius 2 is 2.12 bits per heavy atom. The molecule has 0 fully saturated rings. The lowest BCUT2D eigenvalue weighted by molar-refractivity contribution is -0.386. The Hall–Kier alpha value is -2.27. The van der Waals surface area contributed by atoms with E-state index in [4.69, 9.17) is 0 Å². The van der Waals surface area contributed by atoms with Crippen molar-refractivity contribution in [2.24, 2.45) is 5.10 Å². The van der Waals surface area contributed by atoms with Crippen molar-refractivity contribution < 1.29 is 14.8 Å². The molecule has 1 amide bonds. The van der Waals surface area contributed by atoms with Gasteiger partial charge in [-0.3, -0.25) is 19.6 Å². The number of hydrogen-bond acceptors (Lipinski definition) is 6. The molecule has 0 aliphatic carbocycles. The van der Waals surface area contributed by atoms with Gasteiger partial charge in [0.25, 0.3) is 5.91 Å². The second kappa shape index (κ2) is 7.96. The summed E-state index contributed by atoms with van der Waals surface area (Å²) in [6.45, 7) is 4.60. The van der Waals surface area contributed by atoms with E-state index in [0.29, 0.717) is 10.0 Å². The van der Waals surface area contributed by atoms with Crippen molar-refractivity contribution in [3.63, 3.8) is 0 Å². The maximum Gasteiger partial charge on any atom is 0.312 e. The van der Waals surface area contributed by atoms with E-state index in [2.05, 4.69) is 47.5 Å². The van der Waals surface area contributed by atoms with E-state index in [-0.39, 0.29) is 22.8 Å². The molecular weight excluding hydrogens is 474 g/mol. The van der Waals surface area contributed by atoms with Crippen molar-refractivity contribution >= 4 is 49.7 Å². The minimum atomic E-state index is -0.803. The first kappa shape index (κ1) is 20.0. The number of carbonyl (C=O) groups excluding carboxylic acids is 1. The summed E-state index contributed by atoms with van der Waals surface area (Å²) in [5.74, 6) is -0.524. The van der Waals surface area contributed by atoms with E-state index in [1.165, 1.54) is 24.7 Å². The number of halogens is 2. The molecule has 0 aliphatic rings. The molecule has 2 N–H and O–H groups in total. The van der Waals surface area contributed by atoms with Crippen LogP contribution >= 0.6 is 31.9 Å². The minimum absolute atomic E-state index is 0.0200. The van der Waals surface area contributed by atoms with Crippen LogP contribution in [-0.4, -0.2) is 31.9 Å². The van der Waals surface area contributed by atoms with Crippen LogP contribution < -0.4 is 5.43 Å². The van der Waals surface area contributed by atoms with Crippen LogP contribution in [0.1, 0.15) is 29.9 Å². The van der Waals surface area contributed by atoms with Crippen LogP contribution in [0.4, 0.5) is 5.69 Å². The van der Waals surface area contributed by atoms with Gasteiger partial charge in [0.05, 0.1) is 15.6 Å². The van der Waals surface area contributed by atoms with Crippen molar-refractivity contribution in [3.8, 4) is 5.75 Å². The molecule has 9 nitrogen and oxygen atoms in total. The Labute approximate surface area is 165 Å². The normalized spacial score (nSPS) is 12.3. The molecule has 1 heterocycles. The van der Waals surface area contributed by atoms with Gasteiger partial charge in [-0.15, -0.1) is 0 Å². The van der Waals surface area contributed by atoms with Crippen molar-refractivity contribution in [1.82, 2.24) is 15.2 Å². The fraction of sp³-hybridized carbons (Fsp3) is 0.267. The first-order valence-electron chi connectivity index (χ1n) is 7.34. The fourth-order valence-corrected chi connectivity index (χ4v) is 3.61. The number of benzene rings is 1. The van der Waals surface area contributed by atoms with Crippen LogP contribution in [0.5, 0.6) is 5.75 Å². The largest absolute Gasteiger partial charge is 0.506 e. The lowest BCUT2D eigenvalue weighted by Crippen LogP contribution is -2.28. The molecule has 1 unspecified atom stereocenters. The number of nitrogens with one attached hydrogen (secondary N) is 1. The monoisotopic (exact) mass is 487 g/mol. The molecule has 11 heteroatoms. The molecule has 0 saturated heterocycles. The molecule has 1 aromatic heterocycles. The third kappa shape index (κ3) is 4.10. The van der Waals surface area contributed by atoms with Gasteiger partial charge in [-0.2, -0.15) is 10.2 Å². The lowest BCUT2D eigenvalue weighted by atomic mass is 10.2. The van der Waals surface area contributed by atoms with Gasteiger partial charge in [0.15, 0.2) is 0 Å². The number of aryl methyl sites for hydroxylation is 1. The van der Waals surface area contributed by atoms with Gasteiger partial charge in [-0.05, 0) is 48.8 Å². The van der Waals surface area contributed by atoms with Gasteiger partial charge in [-0.1, -0.05) is 15.9 Å². The van der Waals surface area contributed by atoms with Crippen LogP contribution in [0.15, 0.2) is 26.2 Å². The highest BCUT2D eigenvalue weighted by Gasteiger charge is 2.26. The van der Waals surface area contributed by atoms with Crippen molar-refractivity contribution in [1.29, 1.82) is 0 Å². The molecule has 1 atom stereocenters. The standard InChI is InChI=1S/C15H15Br2N5O4/c1-7-13(22(25)26)8(2)21(20-7)9(3)15(24)19-18-6-10-4-11(16)5-12(17)14(10)23/h4-6,9,23H,1-3H3,(H,19,24)/b18-6+. The maximum absolute atomic E-state index is 12.3. The van der Waals surface area contributed by atoms with Gasteiger partial charge < -0.3 is 5.11 Å². The lowest BCUT2D eigenvalue weighted by Gasteiger charge is -2.11. The zero-order chi connectivity index (χ0) is 19.6. The third-order valence-electron chi connectivity index (χ3n) is 3.65. The predicted molar refractivity (Wildman–Crippen MR) is 102 cm³/mol. The Morgan fingerprint density at radius 1 is 1.46 bits per heavy atom. The van der Waals surface area contributed by atoms with Gasteiger partial charge in [0, 0.05) is 10.0 Å². The van der Waals surface area contributed by atoms with Crippen LogP contribution in [0.25, 0.3) is 0 Å². The number of amides is 1. The van der Waals surface area contributed by atoms with E-state index in [1.54, 1.807) is 19.1 Å². The minimum Gasteiger partial charge on any atom is -0.506 e. The highest BCUT2D eigenvalue weighted by atomic mass is 79.9. The van der Waals surface area contributed by atoms with E-state index in [0.717, 1.165) is 4.47 Å². The molecule has 2 rings (SSSR count). The smallest absolute Gasteiger partial charge is 0.312 e. The summed E-state index contributed by atoms with van der Waals surface area (Å²) >= 11 is 6.50. The molecule has 138 valence electrons. The summed E-state index contributed by atoms with van der Waals surface area (Å²) in [6.07, 6.45) is 1.29. The summed E-state index contributed by atoms with van der Waals surface area (Å²) < 4.78 is 2.48. The maximum atomic E-state index is 12.3. The van der Waals surface area contributed by atoms with Crippen LogP contribution in [-0.2, 0) is 4.79 Å². The number of carbonyl (C=O) groups is 1. The zero-order valence-corrected chi connectivity index (χ0v) is 17.2. The zero-order valence-electron chi connectivity index (χ0n) is 14.0. The number of aromatic hydroxyl groups is 1. The number of rotatable bonds is 5. The number of phenolic OH excluding ortho intramolecular Hbond substituents is 1. The highest BCUT2D eigenvalue weighted by molar-refractivity contribution is 9.11. The van der Waals surface area contributed by atoms with Crippen LogP contribution in [0.3, 0.4) is 0 Å². The number of aromatic nitrogens is 2. The first-order valence-corrected chi connectivity index (χ1v) is 8.93. The first-order chi connectivity index (χ1) is 12.1. The summed E-state index contributed by atoms with van der Waals surface area (Å²) in [7, 11) is 0. The second-order valence-corrected chi connectivity index (χ2v) is 7.23. The van der Waals surface area contributed by atoms with E-state index < -0.39 is 16.9 Å². The van der Waals surface area contributed by atoms with E-state index in [1.807, 2.05) is 0 Å². The molecular formula is C15H15Br2N5O4. The van der Waals surface area contributed by atoms with Crippen molar-refractivity contribution in [2.45, 2.75) is 26.8 Å². The van der Waals surface area contributed by atoms with Crippen LogP contribution in [0.2, 0.25) is 0 Å². The van der Waals surface area contributed by atoms with E-state index in [9.17, 15) is 20.0 Å². The molecule has 0 bridgehead atoms. The van der Waals surface area contributed by atoms with Crippen molar-refractivity contribution in [2.75, 3.05) is 0 Å². The SMILES string of the molecule is Cc1nn(C(C)C(=O)N/N=C/c2cc(Br)cc(Br)c2O)c(C)c1[N+](=O)[O-]. The average Bonchev–Trinajstić information content (AvgIpc) is 2.85. The van der Waals surface area contributed by atoms with Gasteiger partial charge in [-0.25, -0.2) is 5.43 Å². The Bertz CT molecular complexity index is 910. The van der Waals surface area contributed by atoms with Gasteiger partial charge in [0.1, 0.15) is 23.2 Å². The molecule has 0 radical (unpaired) electrons. The molecule has 0 saturated carbocycles. The van der Waals surface area contributed by atoms with Gasteiger partial charge >= 0.3 is 5.69 Å². The Balaban J connectivity index is 2.16. The molecule has 0 spiro atoms. The Kier molecular flexibility index (Phi) is 6.13. The van der Waals surface area contributed by atoms with Crippen LogP contribution in [0, 0.1) is 24.0 Å².